The van der Waals surface area contributed by atoms with Crippen LogP contribution in [-0.2, 0) is 9.59 Å². The number of carbonyl (C=O) groups excluding carboxylic acids is 3. The fourth-order valence-corrected chi connectivity index (χ4v) is 6.16. The molecule has 3 amide bonds. The Morgan fingerprint density at radius 1 is 1.04 bits per heavy atom. The Kier molecular flexibility index (Phi) is 9.30. The molecule has 1 aromatic heterocycles. The van der Waals surface area contributed by atoms with Gasteiger partial charge in [-0.25, -0.2) is 13.8 Å². The Morgan fingerprint density at radius 3 is 2.59 bits per heavy atom. The van der Waals surface area contributed by atoms with E-state index in [2.05, 4.69) is 56.7 Å². The summed E-state index contributed by atoms with van der Waals surface area (Å²) in [4.78, 5) is 49.5. The predicted molar refractivity (Wildman–Crippen MR) is 174 cm³/mol. The molecule has 0 bridgehead atoms. The van der Waals surface area contributed by atoms with Crippen LogP contribution in [0.15, 0.2) is 54.6 Å². The molecule has 3 aromatic rings. The molecular formula is C35H40F2N6O3. The highest BCUT2D eigenvalue weighted by Gasteiger charge is 2.40. The van der Waals surface area contributed by atoms with Gasteiger partial charge in [0.1, 0.15) is 23.7 Å². The molecule has 0 spiro atoms. The number of rotatable bonds is 9. The third-order valence-electron chi connectivity index (χ3n) is 9.09. The number of halogens is 2. The highest BCUT2D eigenvalue weighted by Crippen LogP contribution is 2.33. The van der Waals surface area contributed by atoms with Crippen LogP contribution in [0.1, 0.15) is 53.8 Å². The van der Waals surface area contributed by atoms with Gasteiger partial charge in [0, 0.05) is 43.7 Å². The number of anilines is 1. The SMILES string of the molecule is C[C@H](NC(=O)C1C[C@@H](F)CN1C(=O)CNC(=O)c1ccc2cc(F)ccc2n1)c1ccc(N2CCN(C)CC2)cc1/C=C/C1CC1. The molecule has 1 unspecified atom stereocenters. The summed E-state index contributed by atoms with van der Waals surface area (Å²) in [6.07, 6.45) is 5.28. The maximum absolute atomic E-state index is 14.6. The molecule has 3 fully saturated rings. The molecule has 2 N–H and O–H groups in total. The van der Waals surface area contributed by atoms with Crippen LogP contribution in [0.5, 0.6) is 0 Å². The molecular weight excluding hydrogens is 590 g/mol. The van der Waals surface area contributed by atoms with Crippen LogP contribution in [0.4, 0.5) is 14.5 Å². The first-order chi connectivity index (χ1) is 22.1. The minimum atomic E-state index is -1.35. The van der Waals surface area contributed by atoms with Gasteiger partial charge in [-0.2, -0.15) is 0 Å². The van der Waals surface area contributed by atoms with Crippen LogP contribution in [0.3, 0.4) is 0 Å². The molecule has 2 saturated heterocycles. The first-order valence-corrected chi connectivity index (χ1v) is 16.0. The average molecular weight is 631 g/mol. The summed E-state index contributed by atoms with van der Waals surface area (Å²) < 4.78 is 28.1. The lowest BCUT2D eigenvalue weighted by Gasteiger charge is -2.34. The van der Waals surface area contributed by atoms with E-state index in [-0.39, 0.29) is 24.7 Å². The lowest BCUT2D eigenvalue weighted by Crippen LogP contribution is -2.49. The van der Waals surface area contributed by atoms with E-state index in [1.54, 1.807) is 6.07 Å². The van der Waals surface area contributed by atoms with Crippen molar-refractivity contribution in [1.82, 2.24) is 25.4 Å². The number of pyridine rings is 1. The molecule has 2 aliphatic heterocycles. The molecule has 3 aliphatic rings. The minimum Gasteiger partial charge on any atom is -0.369 e. The molecule has 2 aromatic carbocycles. The van der Waals surface area contributed by atoms with Gasteiger partial charge in [-0.05, 0) is 80.3 Å². The molecule has 0 radical (unpaired) electrons. The second-order valence-electron chi connectivity index (χ2n) is 12.6. The maximum Gasteiger partial charge on any atom is 0.270 e. The zero-order valence-electron chi connectivity index (χ0n) is 26.2. The topological polar surface area (TPSA) is 97.9 Å². The van der Waals surface area contributed by atoms with Crippen molar-refractivity contribution < 1.29 is 23.2 Å². The van der Waals surface area contributed by atoms with E-state index in [9.17, 15) is 23.2 Å². The van der Waals surface area contributed by atoms with Crippen LogP contribution in [0.2, 0.25) is 0 Å². The number of likely N-dealkylation sites (tertiary alicyclic amines) is 1. The van der Waals surface area contributed by atoms with Crippen LogP contribution in [0, 0.1) is 11.7 Å². The number of piperazine rings is 1. The molecule has 11 heteroatoms. The Labute approximate surface area is 267 Å². The van der Waals surface area contributed by atoms with E-state index in [0.717, 1.165) is 43.0 Å². The van der Waals surface area contributed by atoms with Gasteiger partial charge in [-0.1, -0.05) is 24.3 Å². The van der Waals surface area contributed by atoms with Crippen LogP contribution < -0.4 is 15.5 Å². The van der Waals surface area contributed by atoms with Crippen molar-refractivity contribution in [3.8, 4) is 0 Å². The van der Waals surface area contributed by atoms with E-state index in [0.29, 0.717) is 16.8 Å². The number of nitrogens with zero attached hydrogens (tertiary/aromatic N) is 4. The third kappa shape index (κ3) is 7.36. The predicted octanol–water partition coefficient (Wildman–Crippen LogP) is 4.10. The molecule has 9 nitrogen and oxygen atoms in total. The van der Waals surface area contributed by atoms with Gasteiger partial charge in [0.25, 0.3) is 5.91 Å². The Hall–Kier alpha value is -4.38. The van der Waals surface area contributed by atoms with Crippen LogP contribution in [0.25, 0.3) is 17.0 Å². The molecule has 1 saturated carbocycles. The lowest BCUT2D eigenvalue weighted by atomic mass is 9.98. The molecule has 3 heterocycles. The number of carbonyl (C=O) groups is 3. The maximum atomic E-state index is 14.6. The number of alkyl halides is 1. The Morgan fingerprint density at radius 2 is 1.83 bits per heavy atom. The van der Waals surface area contributed by atoms with Crippen molar-refractivity contribution in [1.29, 1.82) is 0 Å². The highest BCUT2D eigenvalue weighted by atomic mass is 19.1. The molecule has 242 valence electrons. The molecule has 6 rings (SSSR count). The van der Waals surface area contributed by atoms with Gasteiger partial charge in [0.05, 0.1) is 24.6 Å². The number of amides is 3. The standard InChI is InChI=1S/C35H40F2N6O3/c1-22(29-10-9-28(42-15-13-41(2)14-16-42)18-24(29)6-5-23-3-4-23)39-35(46)32-19-27(37)21-43(32)33(44)20-38-34(45)31-11-7-25-17-26(36)8-12-30(25)40-31/h5-12,17-18,22-23,27,32H,3-4,13-16,19-21H2,1-2H3,(H,38,45)(H,39,46)/b6-5+/t22-,27+,32?/m0/s1. The second kappa shape index (κ2) is 13.5. The number of likely N-dealkylation sites (N-methyl/N-ethyl adjacent to an activating group) is 1. The monoisotopic (exact) mass is 630 g/mol. The quantitative estimate of drug-likeness (QED) is 0.370. The Bertz CT molecular complexity index is 1650. The number of aromatic nitrogens is 1. The molecule has 46 heavy (non-hydrogen) atoms. The number of benzene rings is 2. The molecule has 1 aliphatic carbocycles. The van der Waals surface area contributed by atoms with Gasteiger partial charge < -0.3 is 25.3 Å². The van der Waals surface area contributed by atoms with Gasteiger partial charge in [-0.15, -0.1) is 0 Å². The first kappa shape index (κ1) is 31.6. The van der Waals surface area contributed by atoms with Crippen LogP contribution in [-0.4, -0.2) is 91.0 Å². The summed E-state index contributed by atoms with van der Waals surface area (Å²) in [5.74, 6) is -1.42. The van der Waals surface area contributed by atoms with E-state index >= 15 is 0 Å². The average Bonchev–Trinajstić information content (AvgIpc) is 3.80. The van der Waals surface area contributed by atoms with E-state index < -0.39 is 42.3 Å². The van der Waals surface area contributed by atoms with Crippen molar-refractivity contribution in [2.24, 2.45) is 5.92 Å². The number of nitrogens with one attached hydrogen (secondary N) is 2. The summed E-state index contributed by atoms with van der Waals surface area (Å²) in [5.41, 5.74) is 3.63. The summed E-state index contributed by atoms with van der Waals surface area (Å²) in [7, 11) is 2.13. The smallest absolute Gasteiger partial charge is 0.270 e. The van der Waals surface area contributed by atoms with E-state index in [4.69, 9.17) is 0 Å². The van der Waals surface area contributed by atoms with Crippen molar-refractivity contribution in [3.05, 3.63) is 77.2 Å². The summed E-state index contributed by atoms with van der Waals surface area (Å²) >= 11 is 0. The van der Waals surface area contributed by atoms with E-state index in [1.807, 2.05) is 13.0 Å². The first-order valence-electron chi connectivity index (χ1n) is 16.0. The third-order valence-corrected chi connectivity index (χ3v) is 9.09. The fraction of sp³-hybridized carbons (Fsp3) is 0.429. The van der Waals surface area contributed by atoms with Crippen molar-refractivity contribution in [2.75, 3.05) is 51.2 Å². The van der Waals surface area contributed by atoms with Gasteiger partial charge >= 0.3 is 0 Å². The van der Waals surface area contributed by atoms with Gasteiger partial charge in [0.2, 0.25) is 11.8 Å². The summed E-state index contributed by atoms with van der Waals surface area (Å²) in [5, 5.41) is 6.09. The summed E-state index contributed by atoms with van der Waals surface area (Å²) in [6.45, 7) is 5.15. The fourth-order valence-electron chi connectivity index (χ4n) is 6.16. The van der Waals surface area contributed by atoms with Crippen LogP contribution >= 0.6 is 0 Å². The minimum absolute atomic E-state index is 0.0602. The lowest BCUT2D eigenvalue weighted by molar-refractivity contribution is -0.138. The van der Waals surface area contributed by atoms with Gasteiger partial charge in [-0.3, -0.25) is 14.4 Å². The van der Waals surface area contributed by atoms with Gasteiger partial charge in [0.15, 0.2) is 0 Å². The number of hydrogen-bond donors (Lipinski definition) is 2. The largest absolute Gasteiger partial charge is 0.369 e. The zero-order chi connectivity index (χ0) is 32.4. The van der Waals surface area contributed by atoms with E-state index in [1.165, 1.54) is 42.0 Å². The second-order valence-corrected chi connectivity index (χ2v) is 12.6. The normalized spacial score (nSPS) is 21.1. The zero-order valence-corrected chi connectivity index (χ0v) is 26.2. The van der Waals surface area contributed by atoms with Crippen molar-refractivity contribution in [2.45, 2.75) is 44.4 Å². The van der Waals surface area contributed by atoms with Crippen molar-refractivity contribution >= 4 is 40.4 Å². The number of hydrogen-bond acceptors (Lipinski definition) is 6. The number of fused-ring (bicyclic) bond motifs is 1. The Balaban J connectivity index is 1.10. The summed E-state index contributed by atoms with van der Waals surface area (Å²) in [6, 6.07) is 12.0. The van der Waals surface area contributed by atoms with Crippen molar-refractivity contribution in [3.63, 3.8) is 0 Å². The molecule has 3 atom stereocenters. The number of allylic oxidation sites excluding steroid dienone is 1. The highest BCUT2D eigenvalue weighted by molar-refractivity contribution is 5.97.